The molecule has 2 heteroatoms. The summed E-state index contributed by atoms with van der Waals surface area (Å²) in [6.45, 7) is 2.27. The fourth-order valence-electron chi connectivity index (χ4n) is 3.11. The van der Waals surface area contributed by atoms with Gasteiger partial charge in [-0.3, -0.25) is 0 Å². The van der Waals surface area contributed by atoms with Gasteiger partial charge < -0.3 is 10.1 Å². The van der Waals surface area contributed by atoms with Gasteiger partial charge in [0.1, 0.15) is 0 Å². The molecule has 16 heavy (non-hydrogen) atoms. The van der Waals surface area contributed by atoms with E-state index in [0.717, 1.165) is 0 Å². The standard InChI is InChI=1S/C14H29NO/c1-4-5-6-7-10-13(15-2)14(16-3)11-8-9-12-14/h13,15H,4-12H2,1-3H3. The molecule has 0 spiro atoms. The second-order valence-electron chi connectivity index (χ2n) is 5.17. The molecule has 96 valence electrons. The van der Waals surface area contributed by atoms with E-state index in [4.69, 9.17) is 4.74 Å². The van der Waals surface area contributed by atoms with Crippen LogP contribution in [0.3, 0.4) is 0 Å². The summed E-state index contributed by atoms with van der Waals surface area (Å²) in [5.74, 6) is 0. The monoisotopic (exact) mass is 227 g/mol. The summed E-state index contributed by atoms with van der Waals surface area (Å²) in [7, 11) is 3.98. The van der Waals surface area contributed by atoms with E-state index in [1.165, 1.54) is 57.8 Å². The second kappa shape index (κ2) is 7.29. The number of rotatable bonds is 8. The van der Waals surface area contributed by atoms with E-state index < -0.39 is 0 Å². The van der Waals surface area contributed by atoms with Crippen molar-refractivity contribution in [3.8, 4) is 0 Å². The van der Waals surface area contributed by atoms with Crippen LogP contribution in [0.25, 0.3) is 0 Å². The molecule has 0 bridgehead atoms. The molecule has 0 aromatic carbocycles. The Morgan fingerprint density at radius 3 is 2.38 bits per heavy atom. The van der Waals surface area contributed by atoms with Gasteiger partial charge in [-0.15, -0.1) is 0 Å². The van der Waals surface area contributed by atoms with Crippen molar-refractivity contribution in [2.45, 2.75) is 76.4 Å². The lowest BCUT2D eigenvalue weighted by Crippen LogP contribution is -2.49. The minimum absolute atomic E-state index is 0.140. The van der Waals surface area contributed by atoms with E-state index >= 15 is 0 Å². The molecule has 1 saturated carbocycles. The molecule has 0 amide bonds. The third-order valence-electron chi connectivity index (χ3n) is 4.19. The lowest BCUT2D eigenvalue weighted by Gasteiger charge is -2.36. The minimum Gasteiger partial charge on any atom is -0.377 e. The lowest BCUT2D eigenvalue weighted by molar-refractivity contribution is -0.0364. The molecule has 0 aromatic heterocycles. The zero-order chi connectivity index (χ0) is 11.9. The first-order valence-electron chi connectivity index (χ1n) is 7.01. The first kappa shape index (κ1) is 14.0. The summed E-state index contributed by atoms with van der Waals surface area (Å²) in [5.41, 5.74) is 0.140. The van der Waals surface area contributed by atoms with Crippen LogP contribution in [0.5, 0.6) is 0 Å². The van der Waals surface area contributed by atoms with E-state index in [-0.39, 0.29) is 5.60 Å². The van der Waals surface area contributed by atoms with E-state index in [1.54, 1.807) is 0 Å². The van der Waals surface area contributed by atoms with Crippen molar-refractivity contribution in [2.24, 2.45) is 0 Å². The van der Waals surface area contributed by atoms with Crippen molar-refractivity contribution < 1.29 is 4.74 Å². The maximum absolute atomic E-state index is 5.85. The van der Waals surface area contributed by atoms with Crippen LogP contribution in [0.15, 0.2) is 0 Å². The van der Waals surface area contributed by atoms with Crippen LogP contribution < -0.4 is 5.32 Å². The van der Waals surface area contributed by atoms with Crippen LogP contribution in [0, 0.1) is 0 Å². The zero-order valence-corrected chi connectivity index (χ0v) is 11.3. The summed E-state index contributed by atoms with van der Waals surface area (Å²) in [5, 5.41) is 3.49. The highest BCUT2D eigenvalue weighted by Gasteiger charge is 2.40. The molecule has 0 saturated heterocycles. The Bertz CT molecular complexity index is 176. The normalized spacial score (nSPS) is 21.2. The molecule has 1 aliphatic rings. The molecular weight excluding hydrogens is 198 g/mol. The fourth-order valence-corrected chi connectivity index (χ4v) is 3.11. The maximum Gasteiger partial charge on any atom is 0.0830 e. The Morgan fingerprint density at radius 1 is 1.19 bits per heavy atom. The molecular formula is C14H29NO. The predicted molar refractivity (Wildman–Crippen MR) is 69.8 cm³/mol. The largest absolute Gasteiger partial charge is 0.377 e. The average molecular weight is 227 g/mol. The van der Waals surface area contributed by atoms with Crippen LogP contribution >= 0.6 is 0 Å². The molecule has 0 heterocycles. The van der Waals surface area contributed by atoms with Crippen LogP contribution in [0.4, 0.5) is 0 Å². The summed E-state index contributed by atoms with van der Waals surface area (Å²) in [6, 6.07) is 0.553. The smallest absolute Gasteiger partial charge is 0.0830 e. The Kier molecular flexibility index (Phi) is 6.37. The van der Waals surface area contributed by atoms with Gasteiger partial charge in [0.25, 0.3) is 0 Å². The molecule has 0 aliphatic heterocycles. The first-order valence-corrected chi connectivity index (χ1v) is 7.01. The van der Waals surface area contributed by atoms with Crippen LogP contribution in [-0.2, 0) is 4.74 Å². The first-order chi connectivity index (χ1) is 7.79. The number of hydrogen-bond donors (Lipinski definition) is 1. The van der Waals surface area contributed by atoms with Gasteiger partial charge >= 0.3 is 0 Å². The van der Waals surface area contributed by atoms with Gasteiger partial charge in [-0.2, -0.15) is 0 Å². The van der Waals surface area contributed by atoms with Crippen molar-refractivity contribution >= 4 is 0 Å². The Hall–Kier alpha value is -0.0800. The van der Waals surface area contributed by atoms with Gasteiger partial charge in [0.05, 0.1) is 5.60 Å². The maximum atomic E-state index is 5.85. The Labute approximate surface area is 101 Å². The van der Waals surface area contributed by atoms with Crippen LogP contribution in [-0.4, -0.2) is 25.8 Å². The van der Waals surface area contributed by atoms with E-state index in [2.05, 4.69) is 19.3 Å². The van der Waals surface area contributed by atoms with Gasteiger partial charge in [0.2, 0.25) is 0 Å². The highest BCUT2D eigenvalue weighted by Crippen LogP contribution is 2.37. The Balaban J connectivity index is 2.38. The predicted octanol–water partition coefficient (Wildman–Crippen LogP) is 3.50. The van der Waals surface area contributed by atoms with Gasteiger partial charge in [-0.05, 0) is 26.3 Å². The van der Waals surface area contributed by atoms with E-state index in [9.17, 15) is 0 Å². The van der Waals surface area contributed by atoms with Crippen molar-refractivity contribution in [3.05, 3.63) is 0 Å². The number of ether oxygens (including phenoxy) is 1. The molecule has 0 radical (unpaired) electrons. The van der Waals surface area contributed by atoms with Crippen molar-refractivity contribution in [3.63, 3.8) is 0 Å². The third-order valence-corrected chi connectivity index (χ3v) is 4.19. The molecule has 1 atom stereocenters. The Morgan fingerprint density at radius 2 is 1.88 bits per heavy atom. The third kappa shape index (κ3) is 3.46. The molecule has 1 N–H and O–H groups in total. The number of methoxy groups -OCH3 is 1. The highest BCUT2D eigenvalue weighted by atomic mass is 16.5. The van der Waals surface area contributed by atoms with E-state index in [0.29, 0.717) is 6.04 Å². The number of nitrogens with one attached hydrogen (secondary N) is 1. The van der Waals surface area contributed by atoms with Crippen molar-refractivity contribution in [2.75, 3.05) is 14.2 Å². The van der Waals surface area contributed by atoms with Gasteiger partial charge in [-0.25, -0.2) is 0 Å². The van der Waals surface area contributed by atoms with Crippen LogP contribution in [0.1, 0.15) is 64.7 Å². The van der Waals surface area contributed by atoms with Gasteiger partial charge in [-0.1, -0.05) is 45.4 Å². The van der Waals surface area contributed by atoms with Gasteiger partial charge in [0.15, 0.2) is 0 Å². The molecule has 0 aromatic rings. The second-order valence-corrected chi connectivity index (χ2v) is 5.17. The lowest BCUT2D eigenvalue weighted by atomic mass is 9.88. The zero-order valence-electron chi connectivity index (χ0n) is 11.3. The molecule has 1 unspecified atom stereocenters. The topological polar surface area (TPSA) is 21.3 Å². The summed E-state index contributed by atoms with van der Waals surface area (Å²) in [6.07, 6.45) is 11.8. The number of hydrogen-bond acceptors (Lipinski definition) is 2. The molecule has 1 aliphatic carbocycles. The van der Waals surface area contributed by atoms with E-state index in [1.807, 2.05) is 7.11 Å². The van der Waals surface area contributed by atoms with Crippen LogP contribution in [0.2, 0.25) is 0 Å². The number of unbranched alkanes of at least 4 members (excludes halogenated alkanes) is 3. The van der Waals surface area contributed by atoms with Gasteiger partial charge in [0, 0.05) is 13.2 Å². The quantitative estimate of drug-likeness (QED) is 0.641. The highest BCUT2D eigenvalue weighted by molar-refractivity contribution is 4.96. The number of likely N-dealkylation sites (N-methyl/N-ethyl adjacent to an activating group) is 1. The SMILES string of the molecule is CCCCCCC(NC)C1(OC)CCCC1. The van der Waals surface area contributed by atoms with Crippen molar-refractivity contribution in [1.29, 1.82) is 0 Å². The summed E-state index contributed by atoms with van der Waals surface area (Å²) in [4.78, 5) is 0. The fraction of sp³-hybridized carbons (Fsp3) is 1.00. The summed E-state index contributed by atoms with van der Waals surface area (Å²) >= 11 is 0. The molecule has 1 rings (SSSR count). The van der Waals surface area contributed by atoms with Crippen molar-refractivity contribution in [1.82, 2.24) is 5.32 Å². The molecule has 1 fully saturated rings. The minimum atomic E-state index is 0.140. The average Bonchev–Trinajstić information content (AvgIpc) is 2.79. The molecule has 2 nitrogen and oxygen atoms in total. The summed E-state index contributed by atoms with van der Waals surface area (Å²) < 4.78 is 5.85.